The topological polar surface area (TPSA) is 98.6 Å². The van der Waals surface area contributed by atoms with Crippen LogP contribution in [0, 0.1) is 6.92 Å². The molecule has 3 heterocycles. The summed E-state index contributed by atoms with van der Waals surface area (Å²) in [4.78, 5) is 49.5. The number of carbonyl (C=O) groups is 3. The Morgan fingerprint density at radius 3 is 2.31 bits per heavy atom. The molecule has 1 aromatic heterocycles. The van der Waals surface area contributed by atoms with Gasteiger partial charge in [0.25, 0.3) is 11.8 Å². The Bertz CT molecular complexity index is 2240. The standard InChI is InChI=1S/C44H47N5O5/c1-28-20-31-11-7-8-12-33(31)27-49(28)43(52)40-23-34-26-48(44(53)54-37-13-9-10-30(21-37)25-45(3)4)19-18-32(34)22-39(40)41-24-38(29(2)46(41)5)42(51)47(6)35-14-16-36(50)17-15-35/h7-17,21-24,28,50H,18-20,25-27H2,1-6H3/t28-/m1/s1. The molecule has 4 aromatic carbocycles. The molecule has 1 atom stereocenters. The summed E-state index contributed by atoms with van der Waals surface area (Å²) in [6.45, 7) is 5.98. The summed E-state index contributed by atoms with van der Waals surface area (Å²) in [5.41, 5.74) is 9.33. The highest BCUT2D eigenvalue weighted by atomic mass is 16.6. The number of hydrogen-bond donors (Lipinski definition) is 1. The van der Waals surface area contributed by atoms with E-state index in [4.69, 9.17) is 4.74 Å². The third kappa shape index (κ3) is 7.21. The van der Waals surface area contributed by atoms with Crippen LogP contribution in [0.2, 0.25) is 0 Å². The maximum Gasteiger partial charge on any atom is 0.415 e. The number of aromatic nitrogens is 1. The molecular formula is C44H47N5O5. The lowest BCUT2D eigenvalue weighted by atomic mass is 9.90. The van der Waals surface area contributed by atoms with Crippen molar-refractivity contribution < 1.29 is 24.2 Å². The number of nitrogens with zero attached hydrogens (tertiary/aromatic N) is 5. The molecule has 2 aliphatic heterocycles. The van der Waals surface area contributed by atoms with Crippen molar-refractivity contribution >= 4 is 23.6 Å². The zero-order valence-electron chi connectivity index (χ0n) is 31.8. The lowest BCUT2D eigenvalue weighted by Crippen LogP contribution is -2.43. The number of hydrogen-bond acceptors (Lipinski definition) is 6. The first-order valence-corrected chi connectivity index (χ1v) is 18.4. The van der Waals surface area contributed by atoms with Crippen molar-refractivity contribution in [2.75, 3.05) is 32.6 Å². The Morgan fingerprint density at radius 2 is 1.57 bits per heavy atom. The summed E-state index contributed by atoms with van der Waals surface area (Å²) in [6.07, 6.45) is 0.905. The Hall–Kier alpha value is -5.87. The number of ether oxygens (including phenoxy) is 1. The molecule has 0 saturated carbocycles. The van der Waals surface area contributed by atoms with Crippen LogP contribution in [-0.4, -0.2) is 76.0 Å². The average molecular weight is 726 g/mol. The largest absolute Gasteiger partial charge is 0.508 e. The van der Waals surface area contributed by atoms with E-state index in [1.165, 1.54) is 5.56 Å². The summed E-state index contributed by atoms with van der Waals surface area (Å²) in [7, 11) is 7.62. The van der Waals surface area contributed by atoms with E-state index in [9.17, 15) is 19.5 Å². The van der Waals surface area contributed by atoms with Gasteiger partial charge in [0.1, 0.15) is 11.5 Å². The van der Waals surface area contributed by atoms with Gasteiger partial charge in [-0.2, -0.15) is 0 Å². The average Bonchev–Trinajstić information content (AvgIpc) is 3.45. The molecule has 0 spiro atoms. The number of carbonyl (C=O) groups excluding carboxylic acids is 3. The van der Waals surface area contributed by atoms with Crippen LogP contribution in [0.25, 0.3) is 11.3 Å². The van der Waals surface area contributed by atoms with Gasteiger partial charge in [-0.15, -0.1) is 0 Å². The molecule has 3 amide bonds. The van der Waals surface area contributed by atoms with Gasteiger partial charge in [0, 0.05) is 74.5 Å². The normalized spacial score (nSPS) is 15.1. The molecule has 278 valence electrons. The smallest absolute Gasteiger partial charge is 0.415 e. The number of rotatable bonds is 7. The van der Waals surface area contributed by atoms with Crippen LogP contribution in [0.15, 0.2) is 91.0 Å². The number of amides is 3. The zero-order valence-corrected chi connectivity index (χ0v) is 31.8. The number of benzene rings is 4. The highest BCUT2D eigenvalue weighted by Crippen LogP contribution is 2.36. The van der Waals surface area contributed by atoms with E-state index in [-0.39, 0.29) is 23.6 Å². The summed E-state index contributed by atoms with van der Waals surface area (Å²) < 4.78 is 7.83. The molecule has 10 nitrogen and oxygen atoms in total. The fourth-order valence-corrected chi connectivity index (χ4v) is 7.65. The molecule has 0 saturated heterocycles. The Morgan fingerprint density at radius 1 is 0.833 bits per heavy atom. The monoisotopic (exact) mass is 725 g/mol. The van der Waals surface area contributed by atoms with Crippen molar-refractivity contribution in [3.63, 3.8) is 0 Å². The maximum atomic E-state index is 14.8. The van der Waals surface area contributed by atoms with Crippen LogP contribution < -0.4 is 9.64 Å². The molecule has 0 unspecified atom stereocenters. The predicted octanol–water partition coefficient (Wildman–Crippen LogP) is 7.19. The molecule has 2 aliphatic rings. The quantitative estimate of drug-likeness (QED) is 0.191. The van der Waals surface area contributed by atoms with Crippen molar-refractivity contribution in [3.05, 3.63) is 136 Å². The SMILES string of the molecule is Cc1c(C(=O)N(C)c2ccc(O)cc2)cc(-c2cc3c(cc2C(=O)N2Cc4ccccc4C[C@H]2C)CN(C(=O)Oc2cccc(CN(C)C)c2)CC3)n1C. The first-order chi connectivity index (χ1) is 25.9. The van der Waals surface area contributed by atoms with Crippen LogP contribution >= 0.6 is 0 Å². The molecule has 10 heteroatoms. The second-order valence-electron chi connectivity index (χ2n) is 14.8. The number of anilines is 1. The molecule has 5 aromatic rings. The summed E-state index contributed by atoms with van der Waals surface area (Å²) >= 11 is 0. The van der Waals surface area contributed by atoms with E-state index in [1.54, 1.807) is 47.2 Å². The first-order valence-electron chi connectivity index (χ1n) is 18.4. The Labute approximate surface area is 316 Å². The van der Waals surface area contributed by atoms with Gasteiger partial charge in [-0.3, -0.25) is 9.59 Å². The minimum Gasteiger partial charge on any atom is -0.508 e. The van der Waals surface area contributed by atoms with Gasteiger partial charge in [-0.05, 0) is 123 Å². The van der Waals surface area contributed by atoms with Gasteiger partial charge in [-0.1, -0.05) is 36.4 Å². The molecule has 0 bridgehead atoms. The van der Waals surface area contributed by atoms with Crippen molar-refractivity contribution in [2.24, 2.45) is 7.05 Å². The molecule has 0 aliphatic carbocycles. The predicted molar refractivity (Wildman–Crippen MR) is 210 cm³/mol. The highest BCUT2D eigenvalue weighted by Gasteiger charge is 2.32. The van der Waals surface area contributed by atoms with Gasteiger partial charge in [0.15, 0.2) is 0 Å². The minimum absolute atomic E-state index is 0.0303. The number of phenols is 1. The molecule has 54 heavy (non-hydrogen) atoms. The van der Waals surface area contributed by atoms with Crippen LogP contribution in [0.1, 0.15) is 61.2 Å². The summed E-state index contributed by atoms with van der Waals surface area (Å²) in [5.74, 6) is 0.323. The van der Waals surface area contributed by atoms with Crippen LogP contribution in [-0.2, 0) is 39.5 Å². The van der Waals surface area contributed by atoms with E-state index in [1.807, 2.05) is 80.0 Å². The molecule has 0 radical (unpaired) electrons. The van der Waals surface area contributed by atoms with Crippen molar-refractivity contribution in [2.45, 2.75) is 52.4 Å². The lowest BCUT2D eigenvalue weighted by Gasteiger charge is -2.36. The van der Waals surface area contributed by atoms with E-state index < -0.39 is 6.09 Å². The molecule has 0 fully saturated rings. The minimum atomic E-state index is -0.431. The van der Waals surface area contributed by atoms with E-state index in [2.05, 4.69) is 30.0 Å². The Balaban J connectivity index is 1.24. The van der Waals surface area contributed by atoms with E-state index >= 15 is 0 Å². The number of fused-ring (bicyclic) bond motifs is 2. The third-order valence-electron chi connectivity index (χ3n) is 10.8. The van der Waals surface area contributed by atoms with Gasteiger partial charge in [0.2, 0.25) is 0 Å². The van der Waals surface area contributed by atoms with E-state index in [0.29, 0.717) is 48.6 Å². The summed E-state index contributed by atoms with van der Waals surface area (Å²) in [6, 6.07) is 28.2. The first kappa shape index (κ1) is 36.5. The molecule has 7 rings (SSSR count). The number of aromatic hydroxyl groups is 1. The fraction of sp³-hybridized carbons (Fsp3) is 0.295. The van der Waals surface area contributed by atoms with Gasteiger partial charge < -0.3 is 34.0 Å². The Kier molecular flexibility index (Phi) is 10.0. The molecule has 1 N–H and O–H groups in total. The van der Waals surface area contributed by atoms with Crippen LogP contribution in [0.3, 0.4) is 0 Å². The van der Waals surface area contributed by atoms with Gasteiger partial charge >= 0.3 is 6.09 Å². The maximum absolute atomic E-state index is 14.8. The van der Waals surface area contributed by atoms with Crippen molar-refractivity contribution in [1.29, 1.82) is 0 Å². The lowest BCUT2D eigenvalue weighted by molar-refractivity contribution is 0.0658. The second-order valence-corrected chi connectivity index (χ2v) is 14.8. The van der Waals surface area contributed by atoms with E-state index in [0.717, 1.165) is 52.2 Å². The zero-order chi connectivity index (χ0) is 38.3. The number of phenolic OH excluding ortho intramolecular Hbond substituents is 1. The van der Waals surface area contributed by atoms with Crippen LogP contribution in [0.5, 0.6) is 11.5 Å². The fourth-order valence-electron chi connectivity index (χ4n) is 7.65. The summed E-state index contributed by atoms with van der Waals surface area (Å²) in [5, 5.41) is 9.79. The van der Waals surface area contributed by atoms with Gasteiger partial charge in [-0.25, -0.2) is 4.79 Å². The van der Waals surface area contributed by atoms with Crippen molar-refractivity contribution in [1.82, 2.24) is 19.3 Å². The second kappa shape index (κ2) is 14.9. The highest BCUT2D eigenvalue weighted by molar-refractivity contribution is 6.08. The van der Waals surface area contributed by atoms with Crippen molar-refractivity contribution in [3.8, 4) is 22.8 Å². The van der Waals surface area contributed by atoms with Gasteiger partial charge in [0.05, 0.1) is 5.56 Å². The van der Waals surface area contributed by atoms with Crippen LogP contribution in [0.4, 0.5) is 10.5 Å². The molecular weight excluding hydrogens is 679 g/mol. The third-order valence-corrected chi connectivity index (χ3v) is 10.8.